The van der Waals surface area contributed by atoms with Crippen LogP contribution in [0, 0.1) is 0 Å². The molecule has 30 heavy (non-hydrogen) atoms. The summed E-state index contributed by atoms with van der Waals surface area (Å²) in [5.74, 6) is 2.15. The van der Waals surface area contributed by atoms with Crippen molar-refractivity contribution in [1.82, 2.24) is 16.0 Å². The van der Waals surface area contributed by atoms with E-state index in [0.29, 0.717) is 37.8 Å². The Morgan fingerprint density at radius 3 is 2.23 bits per heavy atom. The van der Waals surface area contributed by atoms with E-state index in [0.717, 1.165) is 30.0 Å². The fraction of sp³-hybridized carbons (Fsp3) is 0.391. The Labute approximate surface area is 178 Å². The van der Waals surface area contributed by atoms with Crippen molar-refractivity contribution in [3.8, 4) is 11.5 Å². The fourth-order valence-electron chi connectivity index (χ4n) is 2.85. The molecule has 0 unspecified atom stereocenters. The molecule has 2 aromatic carbocycles. The average Bonchev–Trinajstić information content (AvgIpc) is 2.77. The van der Waals surface area contributed by atoms with Crippen molar-refractivity contribution in [1.29, 1.82) is 0 Å². The van der Waals surface area contributed by atoms with Crippen LogP contribution in [0.4, 0.5) is 0 Å². The first-order valence-corrected chi connectivity index (χ1v) is 10.3. The minimum absolute atomic E-state index is 0.0825. The molecule has 7 heteroatoms. The second-order valence-corrected chi connectivity index (χ2v) is 6.44. The summed E-state index contributed by atoms with van der Waals surface area (Å²) in [6.45, 7) is 6.92. The van der Waals surface area contributed by atoms with Gasteiger partial charge in [0.15, 0.2) is 17.5 Å². The Hall–Kier alpha value is -3.22. The summed E-state index contributed by atoms with van der Waals surface area (Å²) < 4.78 is 11.3. The molecule has 3 N–H and O–H groups in total. The molecule has 0 radical (unpaired) electrons. The first-order valence-electron chi connectivity index (χ1n) is 10.3. The van der Waals surface area contributed by atoms with E-state index >= 15 is 0 Å². The number of nitrogens with zero attached hydrogens (tertiary/aromatic N) is 1. The molecular formula is C23H32N4O3. The van der Waals surface area contributed by atoms with Crippen LogP contribution in [-0.2, 0) is 6.42 Å². The molecule has 0 saturated carbocycles. The first-order chi connectivity index (χ1) is 14.7. The molecule has 162 valence electrons. The summed E-state index contributed by atoms with van der Waals surface area (Å²) in [5.41, 5.74) is 1.81. The maximum atomic E-state index is 12.0. The summed E-state index contributed by atoms with van der Waals surface area (Å²) in [7, 11) is 1.72. The Kier molecular flexibility index (Phi) is 10.1. The monoisotopic (exact) mass is 412 g/mol. The zero-order valence-corrected chi connectivity index (χ0v) is 18.0. The minimum Gasteiger partial charge on any atom is -0.490 e. The van der Waals surface area contributed by atoms with E-state index in [2.05, 4.69) is 20.9 Å². The minimum atomic E-state index is -0.0825. The van der Waals surface area contributed by atoms with E-state index in [9.17, 15) is 4.79 Å². The summed E-state index contributed by atoms with van der Waals surface area (Å²) in [6.07, 6.45) is 0.817. The Balaban J connectivity index is 1.72. The van der Waals surface area contributed by atoms with Crippen LogP contribution in [-0.4, -0.2) is 51.8 Å². The van der Waals surface area contributed by atoms with E-state index in [1.54, 1.807) is 19.2 Å². The smallest absolute Gasteiger partial charge is 0.251 e. The molecule has 1 amide bonds. The van der Waals surface area contributed by atoms with Gasteiger partial charge in [-0.2, -0.15) is 0 Å². The lowest BCUT2D eigenvalue weighted by molar-refractivity contribution is 0.0954. The lowest BCUT2D eigenvalue weighted by Gasteiger charge is -2.14. The van der Waals surface area contributed by atoms with Gasteiger partial charge in [0.2, 0.25) is 0 Å². The predicted octanol–water partition coefficient (Wildman–Crippen LogP) is 2.62. The molecule has 0 aliphatic heterocycles. The van der Waals surface area contributed by atoms with Crippen LogP contribution in [0.25, 0.3) is 0 Å². The summed E-state index contributed by atoms with van der Waals surface area (Å²) in [5, 5.41) is 9.37. The second-order valence-electron chi connectivity index (χ2n) is 6.44. The van der Waals surface area contributed by atoms with Gasteiger partial charge in [-0.3, -0.25) is 9.79 Å². The second kappa shape index (κ2) is 13.1. The van der Waals surface area contributed by atoms with Gasteiger partial charge in [0, 0.05) is 32.2 Å². The summed E-state index contributed by atoms with van der Waals surface area (Å²) in [4.78, 5) is 16.2. The molecule has 2 aromatic rings. The number of guanidine groups is 1. The molecule has 2 rings (SSSR count). The van der Waals surface area contributed by atoms with E-state index < -0.39 is 0 Å². The van der Waals surface area contributed by atoms with Crippen LogP contribution in [0.5, 0.6) is 11.5 Å². The SMILES string of the molecule is CCOc1ccc(CCNC(=NC)NCCNC(=O)c2ccccc2)cc1OCC. The Morgan fingerprint density at radius 2 is 1.53 bits per heavy atom. The van der Waals surface area contributed by atoms with Crippen molar-refractivity contribution >= 4 is 11.9 Å². The zero-order chi connectivity index (χ0) is 21.6. The first kappa shape index (κ1) is 23.1. The number of hydrogen-bond donors (Lipinski definition) is 3. The molecule has 0 spiro atoms. The van der Waals surface area contributed by atoms with Crippen molar-refractivity contribution < 1.29 is 14.3 Å². The fourth-order valence-corrected chi connectivity index (χ4v) is 2.85. The molecule has 0 fully saturated rings. The maximum Gasteiger partial charge on any atom is 0.251 e. The highest BCUT2D eigenvalue weighted by Gasteiger charge is 2.07. The number of hydrogen-bond acceptors (Lipinski definition) is 4. The number of carbonyl (C=O) groups excluding carboxylic acids is 1. The number of nitrogens with one attached hydrogen (secondary N) is 3. The molecular weight excluding hydrogens is 380 g/mol. The normalized spacial score (nSPS) is 11.0. The lowest BCUT2D eigenvalue weighted by Crippen LogP contribution is -2.42. The Morgan fingerprint density at radius 1 is 0.867 bits per heavy atom. The van der Waals surface area contributed by atoms with Crippen LogP contribution in [0.3, 0.4) is 0 Å². The molecule has 0 saturated heterocycles. The van der Waals surface area contributed by atoms with Crippen molar-refractivity contribution in [2.24, 2.45) is 4.99 Å². The van der Waals surface area contributed by atoms with Crippen LogP contribution in [0.1, 0.15) is 29.8 Å². The van der Waals surface area contributed by atoms with Gasteiger partial charge in [-0.15, -0.1) is 0 Å². The average molecular weight is 413 g/mol. The highest BCUT2D eigenvalue weighted by molar-refractivity contribution is 5.94. The van der Waals surface area contributed by atoms with Gasteiger partial charge < -0.3 is 25.4 Å². The van der Waals surface area contributed by atoms with Crippen molar-refractivity contribution in [2.45, 2.75) is 20.3 Å². The molecule has 0 heterocycles. The predicted molar refractivity (Wildman–Crippen MR) is 121 cm³/mol. The van der Waals surface area contributed by atoms with Crippen LogP contribution in [0.15, 0.2) is 53.5 Å². The van der Waals surface area contributed by atoms with Crippen molar-refractivity contribution in [3.05, 3.63) is 59.7 Å². The highest BCUT2D eigenvalue weighted by atomic mass is 16.5. The summed E-state index contributed by atoms with van der Waals surface area (Å²) in [6, 6.07) is 15.2. The van der Waals surface area contributed by atoms with Gasteiger partial charge in [0.25, 0.3) is 5.91 Å². The number of aliphatic imine (C=N–C) groups is 1. The van der Waals surface area contributed by atoms with Crippen LogP contribution < -0.4 is 25.4 Å². The Bertz CT molecular complexity index is 809. The zero-order valence-electron chi connectivity index (χ0n) is 18.0. The van der Waals surface area contributed by atoms with E-state index in [1.165, 1.54) is 0 Å². The molecule has 0 atom stereocenters. The van der Waals surface area contributed by atoms with Crippen molar-refractivity contribution in [2.75, 3.05) is 39.9 Å². The van der Waals surface area contributed by atoms with Crippen LogP contribution in [0.2, 0.25) is 0 Å². The number of ether oxygens (including phenoxy) is 2. The van der Waals surface area contributed by atoms with E-state index in [1.807, 2.05) is 50.2 Å². The molecule has 0 bridgehead atoms. The van der Waals surface area contributed by atoms with Gasteiger partial charge in [-0.05, 0) is 50.1 Å². The van der Waals surface area contributed by atoms with Crippen molar-refractivity contribution in [3.63, 3.8) is 0 Å². The third-order valence-electron chi connectivity index (χ3n) is 4.28. The molecule has 0 aliphatic rings. The molecule has 0 aromatic heterocycles. The van der Waals surface area contributed by atoms with Gasteiger partial charge in [-0.1, -0.05) is 24.3 Å². The van der Waals surface area contributed by atoms with Gasteiger partial charge in [0.1, 0.15) is 0 Å². The topological polar surface area (TPSA) is 84.0 Å². The maximum absolute atomic E-state index is 12.0. The quantitative estimate of drug-likeness (QED) is 0.300. The van der Waals surface area contributed by atoms with Gasteiger partial charge in [0.05, 0.1) is 13.2 Å². The van der Waals surface area contributed by atoms with E-state index in [4.69, 9.17) is 9.47 Å². The van der Waals surface area contributed by atoms with Gasteiger partial charge >= 0.3 is 0 Å². The molecule has 7 nitrogen and oxygen atoms in total. The lowest BCUT2D eigenvalue weighted by atomic mass is 10.1. The highest BCUT2D eigenvalue weighted by Crippen LogP contribution is 2.28. The van der Waals surface area contributed by atoms with E-state index in [-0.39, 0.29) is 5.91 Å². The number of amides is 1. The number of carbonyl (C=O) groups is 1. The molecule has 0 aliphatic carbocycles. The standard InChI is InChI=1S/C23H32N4O3/c1-4-29-20-12-11-18(17-21(20)30-5-2)13-14-26-23(24-3)27-16-15-25-22(28)19-9-7-6-8-10-19/h6-12,17H,4-5,13-16H2,1-3H3,(H,25,28)(H2,24,26,27). The number of rotatable bonds is 11. The third kappa shape index (κ3) is 7.66. The van der Waals surface area contributed by atoms with Gasteiger partial charge in [-0.25, -0.2) is 0 Å². The third-order valence-corrected chi connectivity index (χ3v) is 4.28. The largest absolute Gasteiger partial charge is 0.490 e. The number of benzene rings is 2. The van der Waals surface area contributed by atoms with Crippen LogP contribution >= 0.6 is 0 Å². The summed E-state index contributed by atoms with van der Waals surface area (Å²) >= 11 is 0.